The van der Waals surface area contributed by atoms with Crippen molar-refractivity contribution in [3.05, 3.63) is 152 Å². The molecule has 0 atom stereocenters. The second-order valence-electron chi connectivity index (χ2n) is 11.8. The molecule has 0 aliphatic heterocycles. The first-order valence-electron chi connectivity index (χ1n) is 15.4. The highest BCUT2D eigenvalue weighted by Gasteiger charge is 2.22. The summed E-state index contributed by atoms with van der Waals surface area (Å²) in [4.78, 5) is 10.5. The number of nitrogens with zero attached hydrogens (tertiary/aromatic N) is 3. The van der Waals surface area contributed by atoms with Gasteiger partial charge in [-0.1, -0.05) is 115 Å². The van der Waals surface area contributed by atoms with Gasteiger partial charge in [0.05, 0.1) is 22.2 Å². The molecule has 0 unspecified atom stereocenters. The number of hydrogen-bond acceptors (Lipinski definition) is 2. The van der Waals surface area contributed by atoms with Gasteiger partial charge in [-0.25, -0.2) is 9.97 Å². The topological polar surface area (TPSA) is 30.7 Å². The van der Waals surface area contributed by atoms with Gasteiger partial charge in [0.15, 0.2) is 5.82 Å². The van der Waals surface area contributed by atoms with E-state index in [9.17, 15) is 0 Å². The lowest BCUT2D eigenvalue weighted by Crippen LogP contribution is -1.97. The molecule has 0 bridgehead atoms. The molecule has 3 heteroatoms. The summed E-state index contributed by atoms with van der Waals surface area (Å²) in [6.45, 7) is 0. The van der Waals surface area contributed by atoms with Gasteiger partial charge < -0.3 is 4.57 Å². The number of hydrogen-bond donors (Lipinski definition) is 0. The zero-order chi connectivity index (χ0) is 29.5. The second-order valence-corrected chi connectivity index (χ2v) is 11.8. The molecule has 0 saturated carbocycles. The Morgan fingerprint density at radius 1 is 0.400 bits per heavy atom. The molecule has 0 amide bonds. The average Bonchev–Trinajstić information content (AvgIpc) is 3.45. The van der Waals surface area contributed by atoms with Crippen molar-refractivity contribution >= 4 is 65.0 Å². The lowest BCUT2D eigenvalue weighted by Gasteiger charge is -2.14. The standard InChI is InChI=1S/C42H25N3/c1-3-13-27(14-4-1)41-32-18-9-10-20-35(32)43-42(44-41)28-24-34-31-23-22-26-12-7-8-17-30(26)38(31)33-19-11-21-36-39(33)40(34)37(25-28)45(36)29-15-5-2-6-16-29/h1-25H. The van der Waals surface area contributed by atoms with E-state index in [1.54, 1.807) is 0 Å². The molecule has 45 heavy (non-hydrogen) atoms. The minimum Gasteiger partial charge on any atom is -0.309 e. The van der Waals surface area contributed by atoms with E-state index in [4.69, 9.17) is 9.97 Å². The van der Waals surface area contributed by atoms with Crippen molar-refractivity contribution in [2.24, 2.45) is 0 Å². The van der Waals surface area contributed by atoms with E-state index < -0.39 is 0 Å². The summed E-state index contributed by atoms with van der Waals surface area (Å²) in [6.07, 6.45) is 0. The van der Waals surface area contributed by atoms with Crippen molar-refractivity contribution in [1.82, 2.24) is 14.5 Å². The van der Waals surface area contributed by atoms with Crippen molar-refractivity contribution in [1.29, 1.82) is 0 Å². The average molecular weight is 572 g/mol. The van der Waals surface area contributed by atoms with Gasteiger partial charge in [-0.2, -0.15) is 0 Å². The van der Waals surface area contributed by atoms with Crippen LogP contribution in [0.2, 0.25) is 0 Å². The maximum absolute atomic E-state index is 5.28. The Morgan fingerprint density at radius 2 is 1.11 bits per heavy atom. The molecule has 3 nitrogen and oxygen atoms in total. The second kappa shape index (κ2) is 9.22. The molecular formula is C42H25N3. The molecule has 0 aliphatic carbocycles. The minimum atomic E-state index is 0.726. The molecular weight excluding hydrogens is 546 g/mol. The van der Waals surface area contributed by atoms with Crippen LogP contribution in [0.25, 0.3) is 93.4 Å². The summed E-state index contributed by atoms with van der Waals surface area (Å²) in [7, 11) is 0. The van der Waals surface area contributed by atoms with Crippen LogP contribution in [0.4, 0.5) is 0 Å². The first-order chi connectivity index (χ1) is 22.3. The maximum atomic E-state index is 5.28. The highest BCUT2D eigenvalue weighted by Crippen LogP contribution is 2.47. The number of aromatic nitrogens is 3. The SMILES string of the molecule is c1ccc(-c2nc(-c3cc4c5ccc6ccccc6c5c5cccc6c5c4c(c3)n6-c3ccccc3)nc3ccccc23)cc1. The van der Waals surface area contributed by atoms with Crippen molar-refractivity contribution < 1.29 is 0 Å². The van der Waals surface area contributed by atoms with Crippen LogP contribution in [0, 0.1) is 0 Å². The van der Waals surface area contributed by atoms with Gasteiger partial charge in [0.1, 0.15) is 0 Å². The van der Waals surface area contributed by atoms with Gasteiger partial charge in [-0.15, -0.1) is 0 Å². The molecule has 8 aromatic carbocycles. The number of benzene rings is 8. The zero-order valence-electron chi connectivity index (χ0n) is 24.3. The fourth-order valence-electron chi connectivity index (χ4n) is 7.40. The molecule has 0 N–H and O–H groups in total. The smallest absolute Gasteiger partial charge is 0.160 e. The predicted molar refractivity (Wildman–Crippen MR) is 188 cm³/mol. The predicted octanol–water partition coefficient (Wildman–Crippen LogP) is 11.0. The monoisotopic (exact) mass is 571 g/mol. The summed E-state index contributed by atoms with van der Waals surface area (Å²) in [5.74, 6) is 0.726. The van der Waals surface area contributed by atoms with Crippen LogP contribution in [-0.2, 0) is 0 Å². The molecule has 2 aromatic heterocycles. The van der Waals surface area contributed by atoms with Gasteiger partial charge in [-0.3, -0.25) is 0 Å². The van der Waals surface area contributed by atoms with Crippen LogP contribution in [0.1, 0.15) is 0 Å². The Labute approximate surface area is 259 Å². The van der Waals surface area contributed by atoms with Crippen LogP contribution < -0.4 is 0 Å². The Hall–Kier alpha value is -6.06. The van der Waals surface area contributed by atoms with E-state index in [0.29, 0.717) is 0 Å². The third-order valence-electron chi connectivity index (χ3n) is 9.30. The third-order valence-corrected chi connectivity index (χ3v) is 9.30. The van der Waals surface area contributed by atoms with Crippen LogP contribution in [0.3, 0.4) is 0 Å². The van der Waals surface area contributed by atoms with Crippen LogP contribution in [-0.4, -0.2) is 14.5 Å². The van der Waals surface area contributed by atoms with Crippen molar-refractivity contribution in [2.45, 2.75) is 0 Å². The van der Waals surface area contributed by atoms with E-state index in [-0.39, 0.29) is 0 Å². The van der Waals surface area contributed by atoms with Crippen molar-refractivity contribution in [2.75, 3.05) is 0 Å². The normalized spacial score (nSPS) is 12.0. The van der Waals surface area contributed by atoms with Gasteiger partial charge in [-0.05, 0) is 68.7 Å². The van der Waals surface area contributed by atoms with Gasteiger partial charge in [0.25, 0.3) is 0 Å². The van der Waals surface area contributed by atoms with Crippen molar-refractivity contribution in [3.8, 4) is 28.3 Å². The third kappa shape index (κ3) is 3.46. The van der Waals surface area contributed by atoms with E-state index in [2.05, 4.69) is 150 Å². The highest BCUT2D eigenvalue weighted by molar-refractivity contribution is 6.38. The molecule has 10 rings (SSSR count). The van der Waals surface area contributed by atoms with E-state index in [1.165, 1.54) is 48.6 Å². The van der Waals surface area contributed by atoms with E-state index in [0.717, 1.165) is 44.8 Å². The molecule has 10 aromatic rings. The molecule has 2 heterocycles. The minimum absolute atomic E-state index is 0.726. The molecule has 0 aliphatic rings. The van der Waals surface area contributed by atoms with Crippen LogP contribution >= 0.6 is 0 Å². The summed E-state index contributed by atoms with van der Waals surface area (Å²) >= 11 is 0. The molecule has 0 spiro atoms. The fourth-order valence-corrected chi connectivity index (χ4v) is 7.40. The summed E-state index contributed by atoms with van der Waals surface area (Å²) in [5.41, 5.74) is 7.47. The van der Waals surface area contributed by atoms with E-state index >= 15 is 0 Å². The number of para-hydroxylation sites is 2. The van der Waals surface area contributed by atoms with Gasteiger partial charge in [0, 0.05) is 33.0 Å². The zero-order valence-corrected chi connectivity index (χ0v) is 24.3. The first kappa shape index (κ1) is 24.4. The lowest BCUT2D eigenvalue weighted by molar-refractivity contribution is 1.18. The molecule has 208 valence electrons. The Balaban J connectivity index is 1.40. The summed E-state index contributed by atoms with van der Waals surface area (Å²) < 4.78 is 2.41. The number of fused-ring (bicyclic) bond motifs is 6. The van der Waals surface area contributed by atoms with Crippen LogP contribution in [0.15, 0.2) is 152 Å². The number of rotatable bonds is 3. The Bertz CT molecular complexity index is 2740. The maximum Gasteiger partial charge on any atom is 0.160 e. The first-order valence-corrected chi connectivity index (χ1v) is 15.4. The lowest BCUT2D eigenvalue weighted by atomic mass is 9.90. The Morgan fingerprint density at radius 3 is 1.98 bits per heavy atom. The largest absolute Gasteiger partial charge is 0.309 e. The van der Waals surface area contributed by atoms with Crippen LogP contribution in [0.5, 0.6) is 0 Å². The summed E-state index contributed by atoms with van der Waals surface area (Å²) in [5, 5.41) is 11.2. The highest BCUT2D eigenvalue weighted by atomic mass is 15.0. The molecule has 0 saturated heterocycles. The van der Waals surface area contributed by atoms with Crippen molar-refractivity contribution in [3.63, 3.8) is 0 Å². The fraction of sp³-hybridized carbons (Fsp3) is 0. The quantitative estimate of drug-likeness (QED) is 0.198. The molecule has 0 radical (unpaired) electrons. The van der Waals surface area contributed by atoms with E-state index in [1.807, 2.05) is 6.07 Å². The van der Waals surface area contributed by atoms with Gasteiger partial charge in [0.2, 0.25) is 0 Å². The molecule has 0 fully saturated rings. The summed E-state index contributed by atoms with van der Waals surface area (Å²) in [6, 6.07) is 54.1. The Kier molecular flexibility index (Phi) is 5.00. The van der Waals surface area contributed by atoms with Gasteiger partial charge >= 0.3 is 0 Å².